The van der Waals surface area contributed by atoms with Crippen LogP contribution in [0.3, 0.4) is 0 Å². The lowest BCUT2D eigenvalue weighted by molar-refractivity contribution is -0.870. The highest BCUT2D eigenvalue weighted by atomic mass is 16.7. The van der Waals surface area contributed by atoms with Crippen molar-refractivity contribution in [3.8, 4) is 0 Å². The Labute approximate surface area is 455 Å². The highest BCUT2D eigenvalue weighted by Gasteiger charge is 2.22. The number of carboxylic acid groups (broad SMARTS) is 1. The van der Waals surface area contributed by atoms with Crippen LogP contribution in [-0.2, 0) is 33.3 Å². The quantitative estimate of drug-likeness (QED) is 0.0195. The number of carbonyl (C=O) groups is 3. The number of aliphatic carboxylic acids is 1. The van der Waals surface area contributed by atoms with Crippen LogP contribution in [0.25, 0.3) is 0 Å². The van der Waals surface area contributed by atoms with E-state index in [1.54, 1.807) is 0 Å². The lowest BCUT2D eigenvalue weighted by Gasteiger charge is -2.26. The van der Waals surface area contributed by atoms with Gasteiger partial charge >= 0.3 is 11.9 Å². The average molecular weight is 1040 g/mol. The summed E-state index contributed by atoms with van der Waals surface area (Å²) in [7, 11) is 5.92. The number of hydrogen-bond acceptors (Lipinski definition) is 8. The van der Waals surface area contributed by atoms with Gasteiger partial charge in [0.1, 0.15) is 13.2 Å². The second kappa shape index (κ2) is 55.7. The van der Waals surface area contributed by atoms with E-state index in [9.17, 15) is 19.5 Å². The molecule has 0 aromatic rings. The van der Waals surface area contributed by atoms with Crippen molar-refractivity contribution in [2.45, 2.75) is 264 Å². The van der Waals surface area contributed by atoms with Gasteiger partial charge in [0.25, 0.3) is 0 Å². The fourth-order valence-electron chi connectivity index (χ4n) is 8.24. The first-order valence-electron chi connectivity index (χ1n) is 30.2. The summed E-state index contributed by atoms with van der Waals surface area (Å²) in [4.78, 5) is 37.2. The van der Waals surface area contributed by atoms with E-state index in [2.05, 4.69) is 98.9 Å². The molecule has 0 N–H and O–H groups in total. The molecular weight excluding hydrogens is 923 g/mol. The minimum Gasteiger partial charge on any atom is -0.545 e. The standard InChI is InChI=1S/C65H113NO8/c1-6-8-10-12-14-16-18-20-22-23-24-25-26-27-28-29-30-31-32-33-34-35-36-37-38-39-40-41-42-44-46-48-50-52-54-56-63(68)74-61(60-73-65(64(69)70)71-58-57-66(3,4)5)59-72-62(67)55-53-51-49-47-45-43-21-19-17-15-13-11-9-7-2/h8,10,14,16,19-22,24-25,27-28,30-31,61,65H,6-7,9,11-13,15,17-18,23,26,29,32-60H2,1-5H3/b10-8-,16-14-,21-19-,22-20-,25-24-,28-27-,31-30-. The van der Waals surface area contributed by atoms with Crippen LogP contribution >= 0.6 is 0 Å². The zero-order valence-corrected chi connectivity index (χ0v) is 48.4. The van der Waals surface area contributed by atoms with E-state index in [-0.39, 0.29) is 38.6 Å². The zero-order valence-electron chi connectivity index (χ0n) is 48.4. The summed E-state index contributed by atoms with van der Waals surface area (Å²) in [6.45, 7) is 4.62. The Morgan fingerprint density at radius 1 is 0.419 bits per heavy atom. The number of nitrogens with zero attached hydrogens (tertiary/aromatic N) is 1. The van der Waals surface area contributed by atoms with Crippen LogP contribution in [0, 0.1) is 0 Å². The molecule has 0 aliphatic heterocycles. The molecule has 0 fully saturated rings. The van der Waals surface area contributed by atoms with E-state index >= 15 is 0 Å². The zero-order chi connectivity index (χ0) is 54.1. The molecule has 0 aliphatic rings. The first kappa shape index (κ1) is 70.5. The van der Waals surface area contributed by atoms with Gasteiger partial charge in [-0.25, -0.2) is 0 Å². The van der Waals surface area contributed by atoms with Crippen LogP contribution < -0.4 is 5.11 Å². The molecule has 0 spiro atoms. The molecule has 0 saturated carbocycles. The predicted molar refractivity (Wildman–Crippen MR) is 311 cm³/mol. The molecule has 2 unspecified atom stereocenters. The van der Waals surface area contributed by atoms with Gasteiger partial charge in [-0.15, -0.1) is 0 Å². The summed E-state index contributed by atoms with van der Waals surface area (Å²) in [5, 5.41) is 11.8. The van der Waals surface area contributed by atoms with Gasteiger partial charge in [-0.2, -0.15) is 0 Å². The maximum absolute atomic E-state index is 12.9. The van der Waals surface area contributed by atoms with Crippen molar-refractivity contribution in [1.29, 1.82) is 0 Å². The second-order valence-electron chi connectivity index (χ2n) is 21.3. The number of carboxylic acids is 1. The third-order valence-electron chi connectivity index (χ3n) is 12.9. The second-order valence-corrected chi connectivity index (χ2v) is 21.3. The number of allylic oxidation sites excluding steroid dienone is 14. The molecule has 0 aromatic carbocycles. The Morgan fingerprint density at radius 3 is 1.16 bits per heavy atom. The number of rotatable bonds is 55. The van der Waals surface area contributed by atoms with Crippen molar-refractivity contribution < 1.29 is 42.9 Å². The number of hydrogen-bond donors (Lipinski definition) is 0. The SMILES string of the molecule is CC/C=C\C/C=C\C/C=C\C/C=C\C/C=C\C/C=C\CCCCCCCCCCCCCCCCCCC(=O)OC(COC(=O)CCCCCCC/C=C\CCCCCCC)COC(OCC[N+](C)(C)C)C(=O)[O-]. The van der Waals surface area contributed by atoms with Gasteiger partial charge in [-0.1, -0.05) is 234 Å². The molecule has 2 atom stereocenters. The van der Waals surface area contributed by atoms with Crippen molar-refractivity contribution >= 4 is 17.9 Å². The van der Waals surface area contributed by atoms with Gasteiger partial charge in [-0.05, 0) is 89.9 Å². The molecular formula is C65H113NO8. The molecule has 0 aliphatic carbocycles. The number of quaternary nitrogens is 1. The number of carbonyl (C=O) groups excluding carboxylic acids is 3. The minimum atomic E-state index is -1.62. The topological polar surface area (TPSA) is 111 Å². The number of ether oxygens (including phenoxy) is 4. The van der Waals surface area contributed by atoms with Gasteiger partial charge < -0.3 is 33.3 Å². The van der Waals surface area contributed by atoms with Gasteiger partial charge in [-0.3, -0.25) is 9.59 Å². The van der Waals surface area contributed by atoms with Crippen molar-refractivity contribution in [3.05, 3.63) is 85.1 Å². The lowest BCUT2D eigenvalue weighted by atomic mass is 10.0. The first-order valence-corrected chi connectivity index (χ1v) is 30.2. The van der Waals surface area contributed by atoms with Crippen molar-refractivity contribution in [2.75, 3.05) is 47.5 Å². The minimum absolute atomic E-state index is 0.145. The number of unbranched alkanes of at least 4 members (excludes halogenated alkanes) is 26. The van der Waals surface area contributed by atoms with Gasteiger partial charge in [0, 0.05) is 12.8 Å². The van der Waals surface area contributed by atoms with Crippen molar-refractivity contribution in [3.63, 3.8) is 0 Å². The summed E-state index contributed by atoms with van der Waals surface area (Å²) in [6, 6.07) is 0. The Hall–Kier alpha value is -3.53. The van der Waals surface area contributed by atoms with E-state index in [0.717, 1.165) is 96.3 Å². The smallest absolute Gasteiger partial charge is 0.306 e. The Balaban J connectivity index is 4.10. The maximum atomic E-state index is 12.9. The highest BCUT2D eigenvalue weighted by Crippen LogP contribution is 2.16. The van der Waals surface area contributed by atoms with Crippen LogP contribution in [0.1, 0.15) is 251 Å². The molecule has 426 valence electrons. The highest BCUT2D eigenvalue weighted by molar-refractivity contribution is 5.70. The molecule has 0 amide bonds. The van der Waals surface area contributed by atoms with Crippen molar-refractivity contribution in [2.24, 2.45) is 0 Å². The molecule has 0 radical (unpaired) electrons. The largest absolute Gasteiger partial charge is 0.545 e. The Bertz CT molecular complexity index is 1490. The summed E-state index contributed by atoms with van der Waals surface area (Å²) in [5.41, 5.74) is 0. The molecule has 0 saturated heterocycles. The predicted octanol–water partition coefficient (Wildman–Crippen LogP) is 16.6. The van der Waals surface area contributed by atoms with Gasteiger partial charge in [0.2, 0.25) is 0 Å². The summed E-state index contributed by atoms with van der Waals surface area (Å²) in [6.07, 6.45) is 70.7. The van der Waals surface area contributed by atoms with E-state index in [1.807, 2.05) is 21.1 Å². The van der Waals surface area contributed by atoms with E-state index < -0.39 is 24.3 Å². The maximum Gasteiger partial charge on any atom is 0.306 e. The fourth-order valence-corrected chi connectivity index (χ4v) is 8.24. The van der Waals surface area contributed by atoms with E-state index in [0.29, 0.717) is 17.4 Å². The van der Waals surface area contributed by atoms with Crippen LogP contribution in [0.5, 0.6) is 0 Å². The molecule has 74 heavy (non-hydrogen) atoms. The number of esters is 2. The molecule has 0 heterocycles. The molecule has 9 heteroatoms. The number of likely N-dealkylation sites (N-methyl/N-ethyl adjacent to an activating group) is 1. The van der Waals surface area contributed by atoms with E-state index in [1.165, 1.54) is 122 Å². The molecule has 9 nitrogen and oxygen atoms in total. The monoisotopic (exact) mass is 1040 g/mol. The Morgan fingerprint density at radius 2 is 0.770 bits per heavy atom. The fraction of sp³-hybridized carbons (Fsp3) is 0.738. The first-order chi connectivity index (χ1) is 36.1. The Kier molecular flexibility index (Phi) is 53.0. The molecule has 0 bridgehead atoms. The van der Waals surface area contributed by atoms with E-state index in [4.69, 9.17) is 18.9 Å². The summed E-state index contributed by atoms with van der Waals surface area (Å²) < 4.78 is 22.7. The van der Waals surface area contributed by atoms with Crippen LogP contribution in [0.2, 0.25) is 0 Å². The molecule has 0 rings (SSSR count). The van der Waals surface area contributed by atoms with Crippen molar-refractivity contribution in [1.82, 2.24) is 0 Å². The summed E-state index contributed by atoms with van der Waals surface area (Å²) >= 11 is 0. The average Bonchev–Trinajstić information content (AvgIpc) is 3.37. The van der Waals surface area contributed by atoms with Gasteiger partial charge in [0.05, 0.1) is 40.3 Å². The van der Waals surface area contributed by atoms with Crippen LogP contribution in [0.4, 0.5) is 0 Å². The summed E-state index contributed by atoms with van der Waals surface area (Å²) in [5.74, 6) is -2.29. The van der Waals surface area contributed by atoms with Gasteiger partial charge in [0.15, 0.2) is 12.4 Å². The van der Waals surface area contributed by atoms with Crippen LogP contribution in [-0.4, -0.2) is 82.3 Å². The lowest BCUT2D eigenvalue weighted by Crippen LogP contribution is -2.44. The molecule has 0 aromatic heterocycles. The van der Waals surface area contributed by atoms with Crippen LogP contribution in [0.15, 0.2) is 85.1 Å². The third kappa shape index (κ3) is 56.2. The normalized spacial score (nSPS) is 13.4. The third-order valence-corrected chi connectivity index (χ3v) is 12.9.